The van der Waals surface area contributed by atoms with E-state index in [9.17, 15) is 13.2 Å². The first-order chi connectivity index (χ1) is 14.5. The topological polar surface area (TPSA) is 70.2 Å². The van der Waals surface area contributed by atoms with Crippen LogP contribution < -0.4 is 4.90 Å². The highest BCUT2D eigenvalue weighted by Gasteiger charge is 2.29. The van der Waals surface area contributed by atoms with Crippen LogP contribution in [-0.2, 0) is 14.8 Å². The molecule has 30 heavy (non-hydrogen) atoms. The molecule has 4 rings (SSSR count). The van der Waals surface area contributed by atoms with E-state index in [0.29, 0.717) is 45.0 Å². The fraction of sp³-hybridized carbons (Fsp3) is 0.409. The van der Waals surface area contributed by atoms with Gasteiger partial charge in [-0.25, -0.2) is 8.42 Å². The van der Waals surface area contributed by atoms with Crippen molar-refractivity contribution >= 4 is 21.6 Å². The second-order valence-corrected chi connectivity index (χ2v) is 9.61. The highest BCUT2D eigenvalue weighted by atomic mass is 32.2. The van der Waals surface area contributed by atoms with Crippen LogP contribution in [0.15, 0.2) is 59.5 Å². The number of amides is 1. The van der Waals surface area contributed by atoms with Gasteiger partial charge in [0.1, 0.15) is 0 Å². The largest absolute Gasteiger partial charge is 0.379 e. The molecule has 1 atom stereocenters. The van der Waals surface area contributed by atoms with Crippen LogP contribution in [0.5, 0.6) is 0 Å². The van der Waals surface area contributed by atoms with Crippen molar-refractivity contribution in [1.29, 1.82) is 0 Å². The second-order valence-electron chi connectivity index (χ2n) is 7.67. The summed E-state index contributed by atoms with van der Waals surface area (Å²) in [7, 11) is -3.55. The zero-order valence-electron chi connectivity index (χ0n) is 17.1. The third kappa shape index (κ3) is 4.21. The van der Waals surface area contributed by atoms with Crippen LogP contribution in [0, 0.1) is 0 Å². The Morgan fingerprint density at radius 3 is 2.23 bits per heavy atom. The minimum Gasteiger partial charge on any atom is -0.379 e. The molecule has 0 bridgehead atoms. The molecule has 2 heterocycles. The van der Waals surface area contributed by atoms with Crippen molar-refractivity contribution in [1.82, 2.24) is 9.21 Å². The van der Waals surface area contributed by atoms with E-state index in [-0.39, 0.29) is 16.8 Å². The molecule has 1 unspecified atom stereocenters. The number of nitrogens with zero attached hydrogens (tertiary/aromatic N) is 3. The molecule has 1 amide bonds. The number of para-hydroxylation sites is 1. The van der Waals surface area contributed by atoms with Gasteiger partial charge in [0.05, 0.1) is 18.1 Å². The monoisotopic (exact) mass is 429 g/mol. The third-order valence-electron chi connectivity index (χ3n) is 5.71. The summed E-state index contributed by atoms with van der Waals surface area (Å²) in [6, 6.07) is 16.7. The molecule has 7 nitrogen and oxygen atoms in total. The average molecular weight is 430 g/mol. The predicted octanol–water partition coefficient (Wildman–Crippen LogP) is 2.06. The van der Waals surface area contributed by atoms with Crippen LogP contribution in [0.4, 0.5) is 5.69 Å². The van der Waals surface area contributed by atoms with Gasteiger partial charge in [-0.1, -0.05) is 18.2 Å². The van der Waals surface area contributed by atoms with Crippen LogP contribution in [0.25, 0.3) is 0 Å². The number of anilines is 1. The van der Waals surface area contributed by atoms with E-state index in [1.807, 2.05) is 23.1 Å². The Labute approximate surface area is 177 Å². The molecule has 2 aromatic carbocycles. The van der Waals surface area contributed by atoms with Gasteiger partial charge >= 0.3 is 0 Å². The molecule has 2 aromatic rings. The van der Waals surface area contributed by atoms with E-state index >= 15 is 0 Å². The van der Waals surface area contributed by atoms with Crippen LogP contribution in [-0.4, -0.2) is 75.5 Å². The van der Waals surface area contributed by atoms with Gasteiger partial charge in [0.25, 0.3) is 5.91 Å². The molecule has 0 aliphatic carbocycles. The SMILES string of the molecule is CC1CN(C(=O)c2ccc(S(=O)(=O)N3CCOCC3)cc2)CCN1c1ccccc1. The van der Waals surface area contributed by atoms with Gasteiger partial charge in [0, 0.05) is 50.0 Å². The summed E-state index contributed by atoms with van der Waals surface area (Å²) in [6.45, 7) is 5.66. The molecule has 2 saturated heterocycles. The van der Waals surface area contributed by atoms with Crippen LogP contribution in [0.2, 0.25) is 0 Å². The van der Waals surface area contributed by atoms with Crippen molar-refractivity contribution in [3.63, 3.8) is 0 Å². The van der Waals surface area contributed by atoms with Crippen molar-refractivity contribution in [2.24, 2.45) is 0 Å². The highest BCUT2D eigenvalue weighted by molar-refractivity contribution is 7.89. The number of morpholine rings is 1. The standard InChI is InChI=1S/C22H27N3O4S/c1-18-17-23(11-12-25(18)20-5-3-2-4-6-20)22(26)19-7-9-21(10-8-19)30(27,28)24-13-15-29-16-14-24/h2-10,18H,11-17H2,1H3. The smallest absolute Gasteiger partial charge is 0.253 e. The maximum Gasteiger partial charge on any atom is 0.253 e. The van der Waals surface area contributed by atoms with Gasteiger partial charge in [0.15, 0.2) is 0 Å². The normalized spacial score (nSPS) is 20.9. The zero-order chi connectivity index (χ0) is 21.1. The quantitative estimate of drug-likeness (QED) is 0.744. The van der Waals surface area contributed by atoms with Gasteiger partial charge < -0.3 is 14.5 Å². The van der Waals surface area contributed by atoms with Crippen molar-refractivity contribution in [3.8, 4) is 0 Å². The molecule has 0 N–H and O–H groups in total. The van der Waals surface area contributed by atoms with Crippen LogP contribution >= 0.6 is 0 Å². The number of piperazine rings is 1. The molecule has 0 spiro atoms. The summed E-state index contributed by atoms with van der Waals surface area (Å²) < 4.78 is 32.2. The van der Waals surface area contributed by atoms with Gasteiger partial charge in [0.2, 0.25) is 10.0 Å². The van der Waals surface area contributed by atoms with Gasteiger partial charge in [-0.2, -0.15) is 4.31 Å². The summed E-state index contributed by atoms with van der Waals surface area (Å²) in [5.41, 5.74) is 1.67. The number of hydrogen-bond acceptors (Lipinski definition) is 5. The molecule has 2 aliphatic rings. The predicted molar refractivity (Wildman–Crippen MR) is 115 cm³/mol. The Morgan fingerprint density at radius 2 is 1.60 bits per heavy atom. The number of carbonyl (C=O) groups excluding carboxylic acids is 1. The summed E-state index contributed by atoms with van der Waals surface area (Å²) in [5, 5.41) is 0. The number of ether oxygens (including phenoxy) is 1. The second kappa shape index (κ2) is 8.75. The first-order valence-corrected chi connectivity index (χ1v) is 11.7. The van der Waals surface area contributed by atoms with Crippen molar-refractivity contribution < 1.29 is 17.9 Å². The molecule has 2 fully saturated rings. The molecular weight excluding hydrogens is 402 g/mol. The minimum atomic E-state index is -3.55. The molecule has 8 heteroatoms. The molecule has 2 aliphatic heterocycles. The van der Waals surface area contributed by atoms with E-state index in [2.05, 4.69) is 24.0 Å². The first-order valence-electron chi connectivity index (χ1n) is 10.3. The number of sulfonamides is 1. The highest BCUT2D eigenvalue weighted by Crippen LogP contribution is 2.22. The zero-order valence-corrected chi connectivity index (χ0v) is 17.9. The summed E-state index contributed by atoms with van der Waals surface area (Å²) in [5.74, 6) is -0.0649. The molecule has 0 saturated carbocycles. The summed E-state index contributed by atoms with van der Waals surface area (Å²) in [6.07, 6.45) is 0. The van der Waals surface area contributed by atoms with Crippen molar-refractivity contribution in [3.05, 3.63) is 60.2 Å². The number of hydrogen-bond donors (Lipinski definition) is 0. The van der Waals surface area contributed by atoms with Gasteiger partial charge in [-0.15, -0.1) is 0 Å². The van der Waals surface area contributed by atoms with E-state index in [1.54, 1.807) is 12.1 Å². The summed E-state index contributed by atoms with van der Waals surface area (Å²) >= 11 is 0. The fourth-order valence-electron chi connectivity index (χ4n) is 4.03. The molecule has 0 radical (unpaired) electrons. The Hall–Kier alpha value is -2.42. The average Bonchev–Trinajstić information content (AvgIpc) is 2.80. The Morgan fingerprint density at radius 1 is 0.933 bits per heavy atom. The number of benzene rings is 2. The van der Waals surface area contributed by atoms with Gasteiger partial charge in [-0.05, 0) is 43.3 Å². The van der Waals surface area contributed by atoms with Gasteiger partial charge in [-0.3, -0.25) is 4.79 Å². The van der Waals surface area contributed by atoms with E-state index in [1.165, 1.54) is 16.4 Å². The lowest BCUT2D eigenvalue weighted by Gasteiger charge is -2.41. The first kappa shape index (κ1) is 20.8. The minimum absolute atomic E-state index is 0.0649. The fourth-order valence-corrected chi connectivity index (χ4v) is 5.44. The molecular formula is C22H27N3O4S. The summed E-state index contributed by atoms with van der Waals surface area (Å²) in [4.78, 5) is 17.3. The Bertz CT molecular complexity index is 973. The maximum atomic E-state index is 13.0. The van der Waals surface area contributed by atoms with E-state index in [0.717, 1.165) is 12.2 Å². The lowest BCUT2D eigenvalue weighted by Crippen LogP contribution is -2.53. The maximum absolute atomic E-state index is 13.0. The lowest BCUT2D eigenvalue weighted by atomic mass is 10.1. The van der Waals surface area contributed by atoms with Crippen molar-refractivity contribution in [2.75, 3.05) is 50.8 Å². The third-order valence-corrected chi connectivity index (χ3v) is 7.62. The number of carbonyl (C=O) groups is 1. The van der Waals surface area contributed by atoms with Crippen molar-refractivity contribution in [2.45, 2.75) is 17.9 Å². The Balaban J connectivity index is 1.43. The molecule has 0 aromatic heterocycles. The van der Waals surface area contributed by atoms with E-state index in [4.69, 9.17) is 4.74 Å². The Kier molecular flexibility index (Phi) is 6.08. The van der Waals surface area contributed by atoms with Crippen LogP contribution in [0.3, 0.4) is 0 Å². The van der Waals surface area contributed by atoms with E-state index < -0.39 is 10.0 Å². The number of rotatable bonds is 4. The van der Waals surface area contributed by atoms with Crippen LogP contribution in [0.1, 0.15) is 17.3 Å². The molecule has 160 valence electrons. The lowest BCUT2D eigenvalue weighted by molar-refractivity contribution is 0.0726.